The van der Waals surface area contributed by atoms with Crippen LogP contribution in [-0.2, 0) is 4.79 Å². The quantitative estimate of drug-likeness (QED) is 0.461. The number of hydrogen-bond donors (Lipinski definition) is 2. The van der Waals surface area contributed by atoms with Gasteiger partial charge in [-0.15, -0.1) is 0 Å². The van der Waals surface area contributed by atoms with Crippen LogP contribution in [0.15, 0.2) is 48.5 Å². The summed E-state index contributed by atoms with van der Waals surface area (Å²) in [6, 6.07) is 13.6. The first-order valence-electron chi connectivity index (χ1n) is 6.09. The second kappa shape index (κ2) is 7.02. The Bertz CT molecular complexity index is 659. The average Bonchev–Trinajstić information content (AvgIpc) is 2.47. The van der Waals surface area contributed by atoms with Gasteiger partial charge in [-0.05, 0) is 52.9 Å². The highest BCUT2D eigenvalue weighted by molar-refractivity contribution is 14.1. The molecule has 0 spiro atoms. The van der Waals surface area contributed by atoms with Crippen molar-refractivity contribution < 1.29 is 9.72 Å². The summed E-state index contributed by atoms with van der Waals surface area (Å²) < 4.78 is 1.10. The van der Waals surface area contributed by atoms with E-state index >= 15 is 0 Å². The second-order valence-corrected chi connectivity index (χ2v) is 5.43. The summed E-state index contributed by atoms with van der Waals surface area (Å²) in [5.41, 5.74) is 0.880. The summed E-state index contributed by atoms with van der Waals surface area (Å²) in [6.45, 7) is 0.0344. The molecule has 0 aromatic heterocycles. The third kappa shape index (κ3) is 4.42. The Labute approximate surface area is 134 Å². The lowest BCUT2D eigenvalue weighted by molar-refractivity contribution is -0.383. The lowest BCUT2D eigenvalue weighted by Crippen LogP contribution is -2.22. The third-order valence-electron chi connectivity index (χ3n) is 2.67. The molecule has 2 N–H and O–H groups in total. The molecular weight excluding hydrogens is 385 g/mol. The lowest BCUT2D eigenvalue weighted by atomic mass is 10.2. The number of anilines is 2. The van der Waals surface area contributed by atoms with Crippen molar-refractivity contribution in [3.05, 3.63) is 62.2 Å². The van der Waals surface area contributed by atoms with Gasteiger partial charge in [0, 0.05) is 15.3 Å². The van der Waals surface area contributed by atoms with Crippen molar-refractivity contribution in [2.75, 3.05) is 17.2 Å². The monoisotopic (exact) mass is 397 g/mol. The van der Waals surface area contributed by atoms with Crippen molar-refractivity contribution in [3.8, 4) is 0 Å². The Balaban J connectivity index is 1.96. The fourth-order valence-corrected chi connectivity index (χ4v) is 2.04. The molecule has 21 heavy (non-hydrogen) atoms. The van der Waals surface area contributed by atoms with E-state index < -0.39 is 4.92 Å². The van der Waals surface area contributed by atoms with Crippen molar-refractivity contribution in [2.45, 2.75) is 0 Å². The van der Waals surface area contributed by atoms with E-state index in [0.717, 1.165) is 9.26 Å². The predicted octanol–water partition coefficient (Wildman–Crippen LogP) is 3.25. The zero-order chi connectivity index (χ0) is 15.2. The molecule has 0 aliphatic rings. The summed E-state index contributed by atoms with van der Waals surface area (Å²) in [5, 5.41) is 16.3. The van der Waals surface area contributed by atoms with Gasteiger partial charge in [0.25, 0.3) is 5.69 Å². The van der Waals surface area contributed by atoms with Crippen molar-refractivity contribution in [3.63, 3.8) is 0 Å². The smallest absolute Gasteiger partial charge is 0.292 e. The van der Waals surface area contributed by atoms with E-state index in [4.69, 9.17) is 0 Å². The maximum atomic E-state index is 11.8. The van der Waals surface area contributed by atoms with E-state index in [-0.39, 0.29) is 23.8 Å². The zero-order valence-corrected chi connectivity index (χ0v) is 13.0. The zero-order valence-electron chi connectivity index (χ0n) is 10.9. The number of carbonyl (C=O) groups excluding carboxylic acids is 1. The fraction of sp³-hybridized carbons (Fsp3) is 0.0714. The summed E-state index contributed by atoms with van der Waals surface area (Å²) >= 11 is 2.19. The number of carbonyl (C=O) groups is 1. The molecule has 0 unspecified atom stereocenters. The van der Waals surface area contributed by atoms with Crippen molar-refractivity contribution in [1.29, 1.82) is 0 Å². The van der Waals surface area contributed by atoms with Crippen LogP contribution in [0.5, 0.6) is 0 Å². The number of nitro benzene ring substituents is 1. The molecule has 0 saturated carbocycles. The molecule has 2 aromatic rings. The van der Waals surface area contributed by atoms with Crippen LogP contribution in [0.2, 0.25) is 0 Å². The number of benzene rings is 2. The first-order chi connectivity index (χ1) is 10.1. The van der Waals surface area contributed by atoms with Gasteiger partial charge in [-0.2, -0.15) is 0 Å². The van der Waals surface area contributed by atoms with Crippen LogP contribution in [-0.4, -0.2) is 17.4 Å². The molecule has 7 heteroatoms. The van der Waals surface area contributed by atoms with Gasteiger partial charge >= 0.3 is 0 Å². The van der Waals surface area contributed by atoms with Crippen LogP contribution in [0.4, 0.5) is 17.1 Å². The molecule has 0 aliphatic carbocycles. The Morgan fingerprint density at radius 2 is 1.81 bits per heavy atom. The Kier molecular flexibility index (Phi) is 5.09. The number of rotatable bonds is 5. The van der Waals surface area contributed by atoms with Gasteiger partial charge in [-0.3, -0.25) is 14.9 Å². The van der Waals surface area contributed by atoms with Crippen molar-refractivity contribution >= 4 is 45.6 Å². The minimum absolute atomic E-state index is 0.0344. The standard InChI is InChI=1S/C14H12IN3O3/c15-10-5-7-11(8-6-10)16-9-14(19)17-12-3-1-2-4-13(12)18(20)21/h1-8,16H,9H2,(H,17,19). The number of nitro groups is 1. The number of hydrogen-bond acceptors (Lipinski definition) is 4. The highest BCUT2D eigenvalue weighted by Crippen LogP contribution is 2.22. The molecule has 0 heterocycles. The maximum absolute atomic E-state index is 11.8. The Morgan fingerprint density at radius 1 is 1.14 bits per heavy atom. The predicted molar refractivity (Wildman–Crippen MR) is 89.4 cm³/mol. The molecule has 6 nitrogen and oxygen atoms in total. The first-order valence-corrected chi connectivity index (χ1v) is 7.17. The number of nitrogens with zero attached hydrogens (tertiary/aromatic N) is 1. The lowest BCUT2D eigenvalue weighted by Gasteiger charge is -2.08. The van der Waals surface area contributed by atoms with Crippen LogP contribution in [0.25, 0.3) is 0 Å². The molecule has 2 rings (SSSR count). The molecule has 0 aliphatic heterocycles. The van der Waals surface area contributed by atoms with E-state index in [9.17, 15) is 14.9 Å². The summed E-state index contributed by atoms with van der Waals surface area (Å²) in [4.78, 5) is 22.2. The summed E-state index contributed by atoms with van der Waals surface area (Å²) in [6.07, 6.45) is 0. The van der Waals surface area contributed by atoms with Crippen LogP contribution in [0, 0.1) is 13.7 Å². The number of nitrogens with one attached hydrogen (secondary N) is 2. The van der Waals surface area contributed by atoms with Gasteiger partial charge in [0.1, 0.15) is 5.69 Å². The van der Waals surface area contributed by atoms with Gasteiger partial charge in [-0.1, -0.05) is 12.1 Å². The van der Waals surface area contributed by atoms with Crippen molar-refractivity contribution in [1.82, 2.24) is 0 Å². The molecule has 108 valence electrons. The van der Waals surface area contributed by atoms with Crippen molar-refractivity contribution in [2.24, 2.45) is 0 Å². The minimum Gasteiger partial charge on any atom is -0.376 e. The molecule has 0 saturated heterocycles. The van der Waals surface area contributed by atoms with E-state index in [1.165, 1.54) is 12.1 Å². The Hall–Kier alpha value is -2.16. The molecule has 0 bridgehead atoms. The highest BCUT2D eigenvalue weighted by Gasteiger charge is 2.14. The SMILES string of the molecule is O=C(CNc1ccc(I)cc1)Nc1ccccc1[N+](=O)[O-]. The fourth-order valence-electron chi connectivity index (χ4n) is 1.68. The van der Waals surface area contributed by atoms with Crippen LogP contribution in [0.3, 0.4) is 0 Å². The van der Waals surface area contributed by atoms with Crippen LogP contribution < -0.4 is 10.6 Å². The molecule has 2 aromatic carbocycles. The van der Waals surface area contributed by atoms with Gasteiger partial charge in [0.2, 0.25) is 5.91 Å². The van der Waals surface area contributed by atoms with E-state index in [0.29, 0.717) is 0 Å². The Morgan fingerprint density at radius 3 is 2.48 bits per heavy atom. The third-order valence-corrected chi connectivity index (χ3v) is 3.39. The topological polar surface area (TPSA) is 84.3 Å². The molecular formula is C14H12IN3O3. The van der Waals surface area contributed by atoms with Crippen LogP contribution in [0.1, 0.15) is 0 Å². The summed E-state index contributed by atoms with van der Waals surface area (Å²) in [7, 11) is 0. The first kappa shape index (κ1) is 15.2. The van der Waals surface area contributed by atoms with Gasteiger partial charge in [0.15, 0.2) is 0 Å². The number of amides is 1. The molecule has 1 amide bonds. The van der Waals surface area contributed by atoms with E-state index in [1.807, 2.05) is 24.3 Å². The highest BCUT2D eigenvalue weighted by atomic mass is 127. The maximum Gasteiger partial charge on any atom is 0.292 e. The second-order valence-electron chi connectivity index (χ2n) is 4.18. The average molecular weight is 397 g/mol. The van der Waals surface area contributed by atoms with Gasteiger partial charge in [-0.25, -0.2) is 0 Å². The number of halogens is 1. The van der Waals surface area contributed by atoms with E-state index in [1.54, 1.807) is 12.1 Å². The molecule has 0 fully saturated rings. The molecule has 0 atom stereocenters. The molecule has 0 radical (unpaired) electrons. The van der Waals surface area contributed by atoms with Gasteiger partial charge < -0.3 is 10.6 Å². The minimum atomic E-state index is -0.526. The van der Waals surface area contributed by atoms with Crippen LogP contribution >= 0.6 is 22.6 Å². The number of para-hydroxylation sites is 2. The summed E-state index contributed by atoms with van der Waals surface area (Å²) in [5.74, 6) is -0.345. The van der Waals surface area contributed by atoms with E-state index in [2.05, 4.69) is 33.2 Å². The van der Waals surface area contributed by atoms with Gasteiger partial charge in [0.05, 0.1) is 11.5 Å². The largest absolute Gasteiger partial charge is 0.376 e. The normalized spacial score (nSPS) is 9.95.